The highest BCUT2D eigenvalue weighted by Gasteiger charge is 2.08. The predicted octanol–water partition coefficient (Wildman–Crippen LogP) is 2.50. The molecule has 1 N–H and O–H groups in total. The number of hydrogen-bond donors (Lipinski definition) is 1. The number of aromatic nitrogens is 3. The van der Waals surface area contributed by atoms with E-state index in [4.69, 9.17) is 0 Å². The van der Waals surface area contributed by atoms with E-state index in [1.54, 1.807) is 0 Å². The van der Waals surface area contributed by atoms with Gasteiger partial charge in [-0.2, -0.15) is 0 Å². The summed E-state index contributed by atoms with van der Waals surface area (Å²) in [4.78, 5) is 15.5. The van der Waals surface area contributed by atoms with Crippen molar-refractivity contribution in [2.24, 2.45) is 0 Å². The largest absolute Gasteiger partial charge is 0.370 e. The molecule has 2 heterocycles. The van der Waals surface area contributed by atoms with Crippen LogP contribution in [0.5, 0.6) is 0 Å². The molecule has 0 amide bonds. The summed E-state index contributed by atoms with van der Waals surface area (Å²) < 4.78 is 0. The van der Waals surface area contributed by atoms with Crippen LogP contribution < -0.4 is 10.2 Å². The third-order valence-corrected chi connectivity index (χ3v) is 2.95. The molecular formula is C15H21N5. The van der Waals surface area contributed by atoms with Gasteiger partial charge in [-0.05, 0) is 19.1 Å². The molecule has 2 rings (SSSR count). The van der Waals surface area contributed by atoms with Crippen LogP contribution in [-0.2, 0) is 13.0 Å². The minimum Gasteiger partial charge on any atom is -0.370 e. The fraction of sp³-hybridized carbons (Fsp3) is 0.400. The van der Waals surface area contributed by atoms with Crippen molar-refractivity contribution < 1.29 is 0 Å². The molecule has 0 saturated heterocycles. The Morgan fingerprint density at radius 1 is 1.20 bits per heavy atom. The molecular weight excluding hydrogens is 250 g/mol. The molecule has 0 bridgehead atoms. The predicted molar refractivity (Wildman–Crippen MR) is 81.9 cm³/mol. The molecule has 0 aliphatic heterocycles. The zero-order chi connectivity index (χ0) is 14.4. The Hall–Kier alpha value is -2.17. The summed E-state index contributed by atoms with van der Waals surface area (Å²) >= 11 is 0. The Morgan fingerprint density at radius 3 is 2.70 bits per heavy atom. The van der Waals surface area contributed by atoms with Gasteiger partial charge in [-0.3, -0.25) is 4.98 Å². The number of hydrogen-bond acceptors (Lipinski definition) is 5. The van der Waals surface area contributed by atoms with Gasteiger partial charge in [0.1, 0.15) is 17.5 Å². The average Bonchev–Trinajstić information content (AvgIpc) is 2.48. The number of nitrogens with one attached hydrogen (secondary N) is 1. The molecule has 0 saturated carbocycles. The second kappa shape index (κ2) is 6.84. The standard InChI is InChI=1S/C15H21N5/c1-4-13-18-14(16-5-2)10-15(19-13)20(3)11-12-8-6-7-9-17-12/h6-10H,4-5,11H2,1-3H3,(H,16,18,19). The Labute approximate surface area is 120 Å². The van der Waals surface area contributed by atoms with Gasteiger partial charge in [0, 0.05) is 32.3 Å². The van der Waals surface area contributed by atoms with E-state index in [0.717, 1.165) is 42.7 Å². The average molecular weight is 271 g/mol. The molecule has 0 aliphatic carbocycles. The lowest BCUT2D eigenvalue weighted by molar-refractivity contribution is 0.839. The van der Waals surface area contributed by atoms with Crippen LogP contribution in [0.4, 0.5) is 11.6 Å². The van der Waals surface area contributed by atoms with Crippen LogP contribution in [-0.4, -0.2) is 28.5 Å². The van der Waals surface area contributed by atoms with Crippen molar-refractivity contribution in [2.75, 3.05) is 23.8 Å². The van der Waals surface area contributed by atoms with Crippen molar-refractivity contribution in [1.29, 1.82) is 0 Å². The van der Waals surface area contributed by atoms with Crippen molar-refractivity contribution in [3.05, 3.63) is 42.0 Å². The van der Waals surface area contributed by atoms with Crippen LogP contribution >= 0.6 is 0 Å². The number of pyridine rings is 1. The first-order chi connectivity index (χ1) is 9.72. The molecule has 20 heavy (non-hydrogen) atoms. The Kier molecular flexibility index (Phi) is 4.87. The van der Waals surface area contributed by atoms with Gasteiger partial charge in [-0.25, -0.2) is 9.97 Å². The summed E-state index contributed by atoms with van der Waals surface area (Å²) in [5.41, 5.74) is 1.02. The summed E-state index contributed by atoms with van der Waals surface area (Å²) in [6.45, 7) is 5.70. The first kappa shape index (κ1) is 14.2. The Balaban J connectivity index is 2.19. The van der Waals surface area contributed by atoms with E-state index in [0.29, 0.717) is 0 Å². The van der Waals surface area contributed by atoms with Gasteiger partial charge < -0.3 is 10.2 Å². The molecule has 0 aromatic carbocycles. The van der Waals surface area contributed by atoms with Gasteiger partial charge in [0.15, 0.2) is 0 Å². The zero-order valence-corrected chi connectivity index (χ0v) is 12.3. The van der Waals surface area contributed by atoms with Crippen LogP contribution in [0.1, 0.15) is 25.4 Å². The molecule has 0 aliphatic rings. The highest BCUT2D eigenvalue weighted by molar-refractivity contribution is 5.49. The van der Waals surface area contributed by atoms with Crippen molar-refractivity contribution in [3.63, 3.8) is 0 Å². The molecule has 2 aromatic heterocycles. The molecule has 0 unspecified atom stereocenters. The maximum Gasteiger partial charge on any atom is 0.134 e. The number of aryl methyl sites for hydroxylation is 1. The van der Waals surface area contributed by atoms with Crippen molar-refractivity contribution in [1.82, 2.24) is 15.0 Å². The fourth-order valence-electron chi connectivity index (χ4n) is 1.92. The molecule has 2 aromatic rings. The van der Waals surface area contributed by atoms with E-state index >= 15 is 0 Å². The van der Waals surface area contributed by atoms with E-state index in [1.165, 1.54) is 0 Å². The lowest BCUT2D eigenvalue weighted by atomic mass is 10.3. The van der Waals surface area contributed by atoms with Gasteiger partial charge in [-0.1, -0.05) is 13.0 Å². The van der Waals surface area contributed by atoms with Crippen LogP contribution in [0.2, 0.25) is 0 Å². The Morgan fingerprint density at radius 2 is 2.05 bits per heavy atom. The SMILES string of the molecule is CCNc1cc(N(C)Cc2ccccn2)nc(CC)n1. The molecule has 0 atom stereocenters. The van der Waals surface area contributed by atoms with Crippen molar-refractivity contribution >= 4 is 11.6 Å². The second-order valence-electron chi connectivity index (χ2n) is 4.59. The lowest BCUT2D eigenvalue weighted by Crippen LogP contribution is -2.19. The van der Waals surface area contributed by atoms with Gasteiger partial charge in [0.05, 0.1) is 12.2 Å². The molecule has 5 nitrogen and oxygen atoms in total. The summed E-state index contributed by atoms with van der Waals surface area (Å²) in [6.07, 6.45) is 2.63. The van der Waals surface area contributed by atoms with Crippen molar-refractivity contribution in [3.8, 4) is 0 Å². The maximum atomic E-state index is 4.58. The molecule has 5 heteroatoms. The first-order valence-corrected chi connectivity index (χ1v) is 6.95. The van der Waals surface area contributed by atoms with Gasteiger partial charge in [0.25, 0.3) is 0 Å². The van der Waals surface area contributed by atoms with Gasteiger partial charge >= 0.3 is 0 Å². The van der Waals surface area contributed by atoms with E-state index in [-0.39, 0.29) is 0 Å². The topological polar surface area (TPSA) is 53.9 Å². The van der Waals surface area contributed by atoms with Gasteiger partial charge in [0.2, 0.25) is 0 Å². The van der Waals surface area contributed by atoms with Crippen LogP contribution in [0.3, 0.4) is 0 Å². The van der Waals surface area contributed by atoms with Crippen LogP contribution in [0, 0.1) is 0 Å². The Bertz CT molecular complexity index is 541. The first-order valence-electron chi connectivity index (χ1n) is 6.95. The normalized spacial score (nSPS) is 10.3. The molecule has 0 fully saturated rings. The van der Waals surface area contributed by atoms with E-state index in [1.807, 2.05) is 37.5 Å². The number of anilines is 2. The quantitative estimate of drug-likeness (QED) is 0.875. The smallest absolute Gasteiger partial charge is 0.134 e. The van der Waals surface area contributed by atoms with E-state index < -0.39 is 0 Å². The highest BCUT2D eigenvalue weighted by Crippen LogP contribution is 2.16. The number of rotatable bonds is 6. The van der Waals surface area contributed by atoms with Gasteiger partial charge in [-0.15, -0.1) is 0 Å². The van der Waals surface area contributed by atoms with E-state index in [9.17, 15) is 0 Å². The van der Waals surface area contributed by atoms with E-state index in [2.05, 4.69) is 39.0 Å². The summed E-state index contributed by atoms with van der Waals surface area (Å²) in [5, 5.41) is 3.25. The summed E-state index contributed by atoms with van der Waals surface area (Å²) in [5.74, 6) is 2.65. The third-order valence-electron chi connectivity index (χ3n) is 2.95. The summed E-state index contributed by atoms with van der Waals surface area (Å²) in [6, 6.07) is 7.92. The molecule has 0 spiro atoms. The monoisotopic (exact) mass is 271 g/mol. The fourth-order valence-corrected chi connectivity index (χ4v) is 1.92. The third kappa shape index (κ3) is 3.66. The minimum absolute atomic E-state index is 0.729. The van der Waals surface area contributed by atoms with Crippen LogP contribution in [0.25, 0.3) is 0 Å². The lowest BCUT2D eigenvalue weighted by Gasteiger charge is -2.19. The van der Waals surface area contributed by atoms with Crippen LogP contribution in [0.15, 0.2) is 30.5 Å². The molecule has 0 radical (unpaired) electrons. The number of nitrogens with zero attached hydrogens (tertiary/aromatic N) is 4. The summed E-state index contributed by atoms with van der Waals surface area (Å²) in [7, 11) is 2.02. The zero-order valence-electron chi connectivity index (χ0n) is 12.3. The minimum atomic E-state index is 0.729. The maximum absolute atomic E-state index is 4.58. The molecule has 106 valence electrons. The highest BCUT2D eigenvalue weighted by atomic mass is 15.2. The van der Waals surface area contributed by atoms with Crippen molar-refractivity contribution in [2.45, 2.75) is 26.8 Å². The second-order valence-corrected chi connectivity index (χ2v) is 4.59.